The van der Waals surface area contributed by atoms with Crippen molar-refractivity contribution in [3.63, 3.8) is 0 Å². The smallest absolute Gasteiger partial charge is 0.317 e. The van der Waals surface area contributed by atoms with Gasteiger partial charge in [0.25, 0.3) is 0 Å². The molecular weight excluding hydrogens is 210 g/mol. The lowest BCUT2D eigenvalue weighted by molar-refractivity contribution is -0.138. The van der Waals surface area contributed by atoms with Crippen LogP contribution >= 0.6 is 0 Å². The average Bonchev–Trinajstić information content (AvgIpc) is 2.16. The van der Waals surface area contributed by atoms with E-state index in [1.165, 1.54) is 4.90 Å². The molecule has 1 rings (SSSR count). The summed E-state index contributed by atoms with van der Waals surface area (Å²) in [5, 5.41) is 8.66. The van der Waals surface area contributed by atoms with Crippen molar-refractivity contribution in [2.75, 3.05) is 13.1 Å². The van der Waals surface area contributed by atoms with Crippen LogP contribution in [0.25, 0.3) is 0 Å². The summed E-state index contributed by atoms with van der Waals surface area (Å²) >= 11 is 0. The molecule has 0 bridgehead atoms. The second kappa shape index (κ2) is 5.82. The summed E-state index contributed by atoms with van der Waals surface area (Å²) < 4.78 is 0. The van der Waals surface area contributed by atoms with Crippen molar-refractivity contribution in [3.8, 4) is 0 Å². The van der Waals surface area contributed by atoms with E-state index in [0.717, 1.165) is 0 Å². The zero-order chi connectivity index (χ0) is 12.0. The van der Waals surface area contributed by atoms with Gasteiger partial charge in [0, 0.05) is 12.7 Å². The molecule has 0 aromatic carbocycles. The first-order chi connectivity index (χ1) is 7.58. The molecule has 0 radical (unpaired) electrons. The molecule has 0 aliphatic rings. The number of hydrogen-bond acceptors (Lipinski definition) is 4. The maximum Gasteiger partial charge on any atom is 0.317 e. The van der Waals surface area contributed by atoms with E-state index in [9.17, 15) is 9.59 Å². The molecule has 6 nitrogen and oxygen atoms in total. The van der Waals surface area contributed by atoms with Crippen molar-refractivity contribution in [3.05, 3.63) is 30.1 Å². The maximum atomic E-state index is 10.7. The Hall–Kier alpha value is -1.95. The molecule has 0 saturated heterocycles. The number of pyridine rings is 1. The maximum absolute atomic E-state index is 10.7. The number of primary amides is 1. The minimum Gasteiger partial charge on any atom is -0.480 e. The van der Waals surface area contributed by atoms with Gasteiger partial charge in [-0.15, -0.1) is 0 Å². The van der Waals surface area contributed by atoms with Crippen LogP contribution < -0.4 is 5.73 Å². The number of carbonyl (C=O) groups is 2. The Labute approximate surface area is 92.7 Å². The van der Waals surface area contributed by atoms with Crippen molar-refractivity contribution in [2.24, 2.45) is 5.73 Å². The Kier molecular flexibility index (Phi) is 4.41. The Morgan fingerprint density at radius 3 is 2.62 bits per heavy atom. The fourth-order valence-corrected chi connectivity index (χ4v) is 1.30. The second-order valence-electron chi connectivity index (χ2n) is 3.33. The monoisotopic (exact) mass is 223 g/mol. The number of aromatic nitrogens is 1. The number of nitrogens with two attached hydrogens (primary N) is 1. The summed E-state index contributed by atoms with van der Waals surface area (Å²) in [7, 11) is 0. The lowest BCUT2D eigenvalue weighted by Gasteiger charge is -2.17. The second-order valence-corrected chi connectivity index (χ2v) is 3.33. The lowest BCUT2D eigenvalue weighted by atomic mass is 10.3. The fraction of sp³-hybridized carbons (Fsp3) is 0.300. The zero-order valence-electron chi connectivity index (χ0n) is 8.67. The van der Waals surface area contributed by atoms with Gasteiger partial charge in [-0.2, -0.15) is 0 Å². The minimum atomic E-state index is -1.00. The summed E-state index contributed by atoms with van der Waals surface area (Å²) in [6.45, 7) is -0.0432. The van der Waals surface area contributed by atoms with Gasteiger partial charge in [0.05, 0.1) is 18.8 Å². The molecule has 86 valence electrons. The molecule has 0 spiro atoms. The van der Waals surface area contributed by atoms with Gasteiger partial charge in [-0.05, 0) is 12.1 Å². The van der Waals surface area contributed by atoms with Gasteiger partial charge in [-0.1, -0.05) is 6.07 Å². The Morgan fingerprint density at radius 2 is 2.12 bits per heavy atom. The molecule has 0 saturated carbocycles. The van der Waals surface area contributed by atoms with Crippen molar-refractivity contribution in [1.82, 2.24) is 9.88 Å². The summed E-state index contributed by atoms with van der Waals surface area (Å²) in [6.07, 6.45) is 1.61. The third-order valence-electron chi connectivity index (χ3n) is 1.85. The summed E-state index contributed by atoms with van der Waals surface area (Å²) in [5.74, 6) is -1.56. The Balaban J connectivity index is 2.63. The minimum absolute atomic E-state index is 0.0944. The fourth-order valence-electron chi connectivity index (χ4n) is 1.30. The zero-order valence-corrected chi connectivity index (χ0v) is 8.67. The molecule has 1 aromatic rings. The van der Waals surface area contributed by atoms with Crippen LogP contribution in [0.3, 0.4) is 0 Å². The van der Waals surface area contributed by atoms with Crippen molar-refractivity contribution >= 4 is 11.9 Å². The van der Waals surface area contributed by atoms with Crippen molar-refractivity contribution < 1.29 is 14.7 Å². The van der Waals surface area contributed by atoms with Gasteiger partial charge in [-0.25, -0.2) is 0 Å². The van der Waals surface area contributed by atoms with E-state index in [1.807, 2.05) is 0 Å². The number of amides is 1. The highest BCUT2D eigenvalue weighted by Gasteiger charge is 2.12. The number of carboxylic acids is 1. The quantitative estimate of drug-likeness (QED) is 0.674. The van der Waals surface area contributed by atoms with Crippen molar-refractivity contribution in [2.45, 2.75) is 6.54 Å². The average molecular weight is 223 g/mol. The van der Waals surface area contributed by atoms with Gasteiger partial charge < -0.3 is 10.8 Å². The third kappa shape index (κ3) is 4.52. The first-order valence-electron chi connectivity index (χ1n) is 4.70. The topological polar surface area (TPSA) is 96.5 Å². The van der Waals surface area contributed by atoms with Crippen molar-refractivity contribution in [1.29, 1.82) is 0 Å². The van der Waals surface area contributed by atoms with Crippen LogP contribution in [-0.4, -0.2) is 40.0 Å². The molecule has 16 heavy (non-hydrogen) atoms. The van der Waals surface area contributed by atoms with E-state index < -0.39 is 11.9 Å². The molecule has 3 N–H and O–H groups in total. The number of carbonyl (C=O) groups excluding carboxylic acids is 1. The summed E-state index contributed by atoms with van der Waals surface area (Å²) in [6, 6.07) is 5.32. The molecule has 1 aromatic heterocycles. The number of rotatable bonds is 6. The first-order valence-corrected chi connectivity index (χ1v) is 4.70. The van der Waals surface area contributed by atoms with Crippen LogP contribution in [0.5, 0.6) is 0 Å². The number of nitrogens with zero attached hydrogens (tertiary/aromatic N) is 2. The standard InChI is InChI=1S/C10H13N3O3/c11-9(14)6-13(7-10(15)16)5-8-3-1-2-4-12-8/h1-4H,5-7H2,(H2,11,14)(H,15,16). The Morgan fingerprint density at radius 1 is 1.38 bits per heavy atom. The molecule has 0 aliphatic carbocycles. The molecule has 0 atom stereocenters. The molecule has 0 unspecified atom stereocenters. The van der Waals surface area contributed by atoms with E-state index in [0.29, 0.717) is 5.69 Å². The van der Waals surface area contributed by atoms with Gasteiger partial charge in [0.2, 0.25) is 5.91 Å². The molecule has 0 aliphatic heterocycles. The number of hydrogen-bond donors (Lipinski definition) is 2. The first kappa shape index (κ1) is 12.1. The van der Waals surface area contributed by atoms with Gasteiger partial charge in [0.1, 0.15) is 0 Å². The summed E-state index contributed by atoms with van der Waals surface area (Å²) in [5.41, 5.74) is 5.73. The molecular formula is C10H13N3O3. The highest BCUT2D eigenvalue weighted by Crippen LogP contribution is 2.00. The van der Waals surface area contributed by atoms with Crippen LogP contribution in [-0.2, 0) is 16.1 Å². The number of carboxylic acid groups (broad SMARTS) is 1. The van der Waals surface area contributed by atoms with Gasteiger partial charge in [-0.3, -0.25) is 19.5 Å². The highest BCUT2D eigenvalue weighted by atomic mass is 16.4. The van der Waals surface area contributed by atoms with Crippen LogP contribution in [0, 0.1) is 0 Å². The third-order valence-corrected chi connectivity index (χ3v) is 1.85. The van der Waals surface area contributed by atoms with E-state index in [2.05, 4.69) is 4.98 Å². The van der Waals surface area contributed by atoms with Gasteiger partial charge >= 0.3 is 5.97 Å². The van der Waals surface area contributed by atoms with Crippen LogP contribution in [0.1, 0.15) is 5.69 Å². The number of aliphatic carboxylic acids is 1. The van der Waals surface area contributed by atoms with Crippen LogP contribution in [0.4, 0.5) is 0 Å². The van der Waals surface area contributed by atoms with Gasteiger partial charge in [0.15, 0.2) is 0 Å². The van der Waals surface area contributed by atoms with E-state index in [4.69, 9.17) is 10.8 Å². The highest BCUT2D eigenvalue weighted by molar-refractivity contribution is 5.77. The predicted molar refractivity (Wildman–Crippen MR) is 56.3 cm³/mol. The van der Waals surface area contributed by atoms with E-state index in [-0.39, 0.29) is 19.6 Å². The largest absolute Gasteiger partial charge is 0.480 e. The van der Waals surface area contributed by atoms with E-state index in [1.54, 1.807) is 24.4 Å². The molecule has 1 heterocycles. The van der Waals surface area contributed by atoms with Crippen LogP contribution in [0.2, 0.25) is 0 Å². The SMILES string of the molecule is NC(=O)CN(CC(=O)O)Cc1ccccn1. The molecule has 6 heteroatoms. The Bertz CT molecular complexity index is 351. The lowest BCUT2D eigenvalue weighted by Crippen LogP contribution is -2.37. The molecule has 0 fully saturated rings. The predicted octanol–water partition coefficient (Wildman–Crippen LogP) is -0.546. The summed E-state index contributed by atoms with van der Waals surface area (Å²) in [4.78, 5) is 26.8. The molecule has 1 amide bonds. The normalized spacial score (nSPS) is 10.3. The van der Waals surface area contributed by atoms with Crippen LogP contribution in [0.15, 0.2) is 24.4 Å². The van der Waals surface area contributed by atoms with E-state index >= 15 is 0 Å².